The zero-order valence-corrected chi connectivity index (χ0v) is 11.7. The summed E-state index contributed by atoms with van der Waals surface area (Å²) in [4.78, 5) is 0. The van der Waals surface area contributed by atoms with Gasteiger partial charge in [0, 0.05) is 13.0 Å². The van der Waals surface area contributed by atoms with Crippen LogP contribution in [0.1, 0.15) is 34.1 Å². The number of allylic oxidation sites excluding steroid dienone is 1. The fourth-order valence-corrected chi connectivity index (χ4v) is 1.74. The quantitative estimate of drug-likeness (QED) is 0.525. The van der Waals surface area contributed by atoms with Crippen molar-refractivity contribution < 1.29 is 14.6 Å². The van der Waals surface area contributed by atoms with Gasteiger partial charge >= 0.3 is 0 Å². The summed E-state index contributed by atoms with van der Waals surface area (Å²) in [5.74, 6) is 0.272. The number of aliphatic hydroxyl groups excluding tert-OH is 1. The van der Waals surface area contributed by atoms with E-state index < -0.39 is 0 Å². The number of aliphatic hydroxyl groups is 1. The summed E-state index contributed by atoms with van der Waals surface area (Å²) in [6.07, 6.45) is 5.14. The molecule has 0 aromatic rings. The van der Waals surface area contributed by atoms with Crippen molar-refractivity contribution in [1.29, 1.82) is 0 Å². The second kappa shape index (κ2) is 9.40. The van der Waals surface area contributed by atoms with Crippen molar-refractivity contribution in [3.8, 4) is 0 Å². The van der Waals surface area contributed by atoms with E-state index in [9.17, 15) is 0 Å². The summed E-state index contributed by atoms with van der Waals surface area (Å²) in [5, 5.41) is 9.08. The molecule has 100 valence electrons. The van der Waals surface area contributed by atoms with Crippen LogP contribution in [-0.2, 0) is 9.47 Å². The molecule has 17 heavy (non-hydrogen) atoms. The summed E-state index contributed by atoms with van der Waals surface area (Å²) >= 11 is 0. The minimum Gasteiger partial charge on any atom is -0.392 e. The number of methoxy groups -OCH3 is 1. The lowest BCUT2D eigenvalue weighted by Crippen LogP contribution is -2.25. The van der Waals surface area contributed by atoms with Crippen molar-refractivity contribution in [2.24, 2.45) is 5.92 Å². The second-order valence-electron chi connectivity index (χ2n) is 4.27. The SMILES string of the molecule is C/C=C(\C)[C@H](OCOC)[C@H](/C=C(\C)CO)CC. The minimum atomic E-state index is 0.0199. The summed E-state index contributed by atoms with van der Waals surface area (Å²) in [6, 6.07) is 0. The van der Waals surface area contributed by atoms with Crippen molar-refractivity contribution >= 4 is 0 Å². The Kier molecular flexibility index (Phi) is 9.04. The lowest BCUT2D eigenvalue weighted by Gasteiger charge is -2.25. The maximum Gasteiger partial charge on any atom is 0.147 e. The van der Waals surface area contributed by atoms with Gasteiger partial charge in [0.25, 0.3) is 0 Å². The Morgan fingerprint density at radius 1 is 1.35 bits per heavy atom. The molecule has 1 N–H and O–H groups in total. The topological polar surface area (TPSA) is 38.7 Å². The molecule has 0 aliphatic rings. The molecule has 3 nitrogen and oxygen atoms in total. The molecule has 3 heteroatoms. The summed E-state index contributed by atoms with van der Waals surface area (Å²) in [7, 11) is 1.62. The normalized spacial score (nSPS) is 17.1. The van der Waals surface area contributed by atoms with E-state index >= 15 is 0 Å². The highest BCUT2D eigenvalue weighted by molar-refractivity contribution is 5.12. The Bertz CT molecular complexity index is 256. The lowest BCUT2D eigenvalue weighted by atomic mass is 9.92. The number of ether oxygens (including phenoxy) is 2. The van der Waals surface area contributed by atoms with Gasteiger partial charge in [-0.3, -0.25) is 0 Å². The predicted octanol–water partition coefficient (Wildman–Crippen LogP) is 2.91. The van der Waals surface area contributed by atoms with E-state index in [4.69, 9.17) is 14.6 Å². The van der Waals surface area contributed by atoms with Gasteiger partial charge in [-0.15, -0.1) is 0 Å². The molecule has 0 saturated carbocycles. The number of rotatable bonds is 8. The van der Waals surface area contributed by atoms with Crippen LogP contribution in [0.2, 0.25) is 0 Å². The molecule has 0 bridgehead atoms. The molecule has 0 rings (SSSR count). The summed E-state index contributed by atoms with van der Waals surface area (Å²) in [5.41, 5.74) is 2.17. The summed E-state index contributed by atoms with van der Waals surface area (Å²) < 4.78 is 10.7. The lowest BCUT2D eigenvalue weighted by molar-refractivity contribution is -0.0716. The van der Waals surface area contributed by atoms with Crippen LogP contribution < -0.4 is 0 Å². The van der Waals surface area contributed by atoms with Gasteiger partial charge in [-0.05, 0) is 32.8 Å². The maximum atomic E-state index is 9.08. The van der Waals surface area contributed by atoms with E-state index in [1.807, 2.05) is 13.8 Å². The molecular weight excluding hydrogens is 216 g/mol. The van der Waals surface area contributed by atoms with E-state index in [1.54, 1.807) is 7.11 Å². The molecule has 0 fully saturated rings. The molecule has 0 radical (unpaired) electrons. The molecule has 0 unspecified atom stereocenters. The Morgan fingerprint density at radius 2 is 2.00 bits per heavy atom. The number of hydrogen-bond donors (Lipinski definition) is 1. The van der Waals surface area contributed by atoms with Crippen LogP contribution in [-0.4, -0.2) is 31.7 Å². The zero-order chi connectivity index (χ0) is 13.3. The van der Waals surface area contributed by atoms with E-state index in [1.165, 1.54) is 5.57 Å². The highest BCUT2D eigenvalue weighted by Gasteiger charge is 2.20. The monoisotopic (exact) mass is 242 g/mol. The molecule has 0 spiro atoms. The van der Waals surface area contributed by atoms with Crippen LogP contribution in [0.25, 0.3) is 0 Å². The molecule has 0 heterocycles. The Morgan fingerprint density at radius 3 is 2.41 bits per heavy atom. The van der Waals surface area contributed by atoms with Gasteiger partial charge in [-0.25, -0.2) is 0 Å². The Labute approximate surface area is 105 Å². The van der Waals surface area contributed by atoms with Crippen LogP contribution in [0.3, 0.4) is 0 Å². The van der Waals surface area contributed by atoms with Crippen molar-refractivity contribution in [1.82, 2.24) is 0 Å². The van der Waals surface area contributed by atoms with Gasteiger partial charge in [-0.1, -0.05) is 24.6 Å². The largest absolute Gasteiger partial charge is 0.392 e. The van der Waals surface area contributed by atoms with Crippen molar-refractivity contribution in [3.63, 3.8) is 0 Å². The van der Waals surface area contributed by atoms with Gasteiger partial charge in [0.05, 0.1) is 12.7 Å². The van der Waals surface area contributed by atoms with Crippen LogP contribution in [0.5, 0.6) is 0 Å². The van der Waals surface area contributed by atoms with Gasteiger partial charge in [0.2, 0.25) is 0 Å². The van der Waals surface area contributed by atoms with E-state index in [0.717, 1.165) is 12.0 Å². The second-order valence-corrected chi connectivity index (χ2v) is 4.27. The van der Waals surface area contributed by atoms with E-state index in [2.05, 4.69) is 26.0 Å². The van der Waals surface area contributed by atoms with E-state index in [-0.39, 0.29) is 18.6 Å². The Hall–Kier alpha value is -0.640. The zero-order valence-electron chi connectivity index (χ0n) is 11.7. The van der Waals surface area contributed by atoms with Crippen molar-refractivity contribution in [3.05, 3.63) is 23.3 Å². The van der Waals surface area contributed by atoms with Gasteiger partial charge in [-0.2, -0.15) is 0 Å². The fourth-order valence-electron chi connectivity index (χ4n) is 1.74. The first-order chi connectivity index (χ1) is 8.10. The highest BCUT2D eigenvalue weighted by atomic mass is 16.7. The Balaban J connectivity index is 4.84. The molecular formula is C14H26O3. The third-order valence-corrected chi connectivity index (χ3v) is 2.88. The van der Waals surface area contributed by atoms with Crippen molar-refractivity contribution in [2.75, 3.05) is 20.5 Å². The van der Waals surface area contributed by atoms with Crippen LogP contribution >= 0.6 is 0 Å². The third kappa shape index (κ3) is 6.01. The molecule has 0 aromatic carbocycles. The average Bonchev–Trinajstić information content (AvgIpc) is 2.36. The molecule has 0 aliphatic heterocycles. The predicted molar refractivity (Wildman–Crippen MR) is 70.8 cm³/mol. The molecule has 2 atom stereocenters. The first-order valence-corrected chi connectivity index (χ1v) is 6.12. The first kappa shape index (κ1) is 16.4. The maximum absolute atomic E-state index is 9.08. The minimum absolute atomic E-state index is 0.0199. The fraction of sp³-hybridized carbons (Fsp3) is 0.714. The van der Waals surface area contributed by atoms with Gasteiger partial charge in [0.15, 0.2) is 0 Å². The van der Waals surface area contributed by atoms with E-state index in [0.29, 0.717) is 6.79 Å². The molecule has 0 aromatic heterocycles. The van der Waals surface area contributed by atoms with Gasteiger partial charge < -0.3 is 14.6 Å². The highest BCUT2D eigenvalue weighted by Crippen LogP contribution is 2.22. The molecule has 0 saturated heterocycles. The third-order valence-electron chi connectivity index (χ3n) is 2.88. The first-order valence-electron chi connectivity index (χ1n) is 6.12. The number of hydrogen-bond acceptors (Lipinski definition) is 3. The summed E-state index contributed by atoms with van der Waals surface area (Å²) in [6.45, 7) is 8.51. The molecule has 0 aliphatic carbocycles. The van der Waals surface area contributed by atoms with Crippen LogP contribution in [0, 0.1) is 5.92 Å². The van der Waals surface area contributed by atoms with Crippen molar-refractivity contribution in [2.45, 2.75) is 40.2 Å². The molecule has 0 amide bonds. The standard InChI is InChI=1S/C14H26O3/c1-6-12(4)14(17-10-16-5)13(7-2)8-11(3)9-15/h6,8,13-15H,7,9-10H2,1-5H3/b11-8+,12-6+/t13-,14-/m0/s1. The van der Waals surface area contributed by atoms with Gasteiger partial charge in [0.1, 0.15) is 6.79 Å². The average molecular weight is 242 g/mol. The van der Waals surface area contributed by atoms with Crippen LogP contribution in [0.4, 0.5) is 0 Å². The smallest absolute Gasteiger partial charge is 0.147 e. The van der Waals surface area contributed by atoms with Crippen LogP contribution in [0.15, 0.2) is 23.3 Å².